The van der Waals surface area contributed by atoms with Crippen molar-refractivity contribution >= 4 is 21.8 Å². The van der Waals surface area contributed by atoms with Gasteiger partial charge in [0.05, 0.1) is 12.0 Å². The first-order chi connectivity index (χ1) is 7.89. The van der Waals surface area contributed by atoms with Gasteiger partial charge in [-0.2, -0.15) is 0 Å². The topological polar surface area (TPSA) is 40.5 Å². The van der Waals surface area contributed by atoms with Gasteiger partial charge in [-0.05, 0) is 31.5 Å². The molecule has 0 aliphatic carbocycles. The van der Waals surface area contributed by atoms with Crippen molar-refractivity contribution in [1.29, 1.82) is 0 Å². The highest BCUT2D eigenvalue weighted by Crippen LogP contribution is 2.27. The standard InChI is InChI=1S/C13H18BrNO2/c1-13(2,12(17)15(3)7-8-16)10-5-4-6-11(14)9-10/h4-6,9,16H,7-8H2,1-3H3. The fourth-order valence-electron chi connectivity index (χ4n) is 1.73. The van der Waals surface area contributed by atoms with Gasteiger partial charge in [0.2, 0.25) is 5.91 Å². The minimum absolute atomic E-state index is 0.00431. The zero-order chi connectivity index (χ0) is 13.1. The summed E-state index contributed by atoms with van der Waals surface area (Å²) in [5.41, 5.74) is 0.370. The minimum atomic E-state index is -0.590. The Kier molecular flexibility index (Phi) is 4.71. The van der Waals surface area contributed by atoms with E-state index in [1.54, 1.807) is 11.9 Å². The number of rotatable bonds is 4. The Hall–Kier alpha value is -0.870. The summed E-state index contributed by atoms with van der Waals surface area (Å²) in [7, 11) is 1.71. The van der Waals surface area contributed by atoms with E-state index in [9.17, 15) is 4.79 Å². The number of aliphatic hydroxyl groups is 1. The molecule has 0 aliphatic heterocycles. The maximum Gasteiger partial charge on any atom is 0.232 e. The molecule has 3 nitrogen and oxygen atoms in total. The van der Waals surface area contributed by atoms with Crippen LogP contribution in [0.3, 0.4) is 0 Å². The maximum absolute atomic E-state index is 12.3. The SMILES string of the molecule is CN(CCO)C(=O)C(C)(C)c1cccc(Br)c1. The Bertz CT molecular complexity index is 404. The molecule has 0 saturated heterocycles. The summed E-state index contributed by atoms with van der Waals surface area (Å²) in [6.07, 6.45) is 0. The maximum atomic E-state index is 12.3. The number of carbonyl (C=O) groups is 1. The van der Waals surface area contributed by atoms with Gasteiger partial charge in [0.15, 0.2) is 0 Å². The largest absolute Gasteiger partial charge is 0.395 e. The van der Waals surface area contributed by atoms with Crippen molar-refractivity contribution in [2.45, 2.75) is 19.3 Å². The predicted molar refractivity (Wildman–Crippen MR) is 71.9 cm³/mol. The van der Waals surface area contributed by atoms with Crippen molar-refractivity contribution in [3.8, 4) is 0 Å². The molecule has 1 aromatic rings. The van der Waals surface area contributed by atoms with E-state index in [0.717, 1.165) is 10.0 Å². The number of hydrogen-bond donors (Lipinski definition) is 1. The van der Waals surface area contributed by atoms with Gasteiger partial charge < -0.3 is 10.0 Å². The average molecular weight is 300 g/mol. The van der Waals surface area contributed by atoms with Crippen LogP contribution in [0.1, 0.15) is 19.4 Å². The average Bonchev–Trinajstić information content (AvgIpc) is 2.28. The molecule has 0 unspecified atom stereocenters. The Labute approximate surface area is 111 Å². The lowest BCUT2D eigenvalue weighted by atomic mass is 9.83. The number of halogens is 1. The Morgan fingerprint density at radius 2 is 2.12 bits per heavy atom. The van der Waals surface area contributed by atoms with Crippen molar-refractivity contribution < 1.29 is 9.90 Å². The second-order valence-corrected chi connectivity index (χ2v) is 5.50. The molecular weight excluding hydrogens is 282 g/mol. The van der Waals surface area contributed by atoms with Crippen LogP contribution in [0.5, 0.6) is 0 Å². The fourth-order valence-corrected chi connectivity index (χ4v) is 2.13. The minimum Gasteiger partial charge on any atom is -0.395 e. The van der Waals surface area contributed by atoms with E-state index in [4.69, 9.17) is 5.11 Å². The molecule has 17 heavy (non-hydrogen) atoms. The fraction of sp³-hybridized carbons (Fsp3) is 0.462. The molecule has 0 fully saturated rings. The van der Waals surface area contributed by atoms with Crippen LogP contribution in [0.25, 0.3) is 0 Å². The molecule has 0 bridgehead atoms. The van der Waals surface area contributed by atoms with Crippen molar-refractivity contribution in [3.05, 3.63) is 34.3 Å². The molecule has 1 N–H and O–H groups in total. The zero-order valence-corrected chi connectivity index (χ0v) is 12.0. The third kappa shape index (κ3) is 3.30. The highest BCUT2D eigenvalue weighted by atomic mass is 79.9. The molecule has 1 amide bonds. The number of nitrogens with zero attached hydrogens (tertiary/aromatic N) is 1. The lowest BCUT2D eigenvalue weighted by molar-refractivity contribution is -0.135. The lowest BCUT2D eigenvalue weighted by Crippen LogP contribution is -2.42. The van der Waals surface area contributed by atoms with Crippen LogP contribution >= 0.6 is 15.9 Å². The molecule has 1 rings (SSSR count). The molecule has 0 aromatic heterocycles. The van der Waals surface area contributed by atoms with Crippen LogP contribution < -0.4 is 0 Å². The van der Waals surface area contributed by atoms with Crippen LogP contribution in [-0.4, -0.2) is 36.1 Å². The summed E-state index contributed by atoms with van der Waals surface area (Å²) in [4.78, 5) is 13.8. The van der Waals surface area contributed by atoms with E-state index in [2.05, 4.69) is 15.9 Å². The smallest absolute Gasteiger partial charge is 0.232 e. The van der Waals surface area contributed by atoms with Gasteiger partial charge in [-0.1, -0.05) is 28.1 Å². The predicted octanol–water partition coefficient (Wildman–Crippen LogP) is 2.18. The zero-order valence-electron chi connectivity index (χ0n) is 10.4. The monoisotopic (exact) mass is 299 g/mol. The van der Waals surface area contributed by atoms with Crippen LogP contribution in [0.4, 0.5) is 0 Å². The Balaban J connectivity index is 2.98. The highest BCUT2D eigenvalue weighted by Gasteiger charge is 2.32. The lowest BCUT2D eigenvalue weighted by Gasteiger charge is -2.29. The highest BCUT2D eigenvalue weighted by molar-refractivity contribution is 9.10. The van der Waals surface area contributed by atoms with Gasteiger partial charge in [-0.3, -0.25) is 4.79 Å². The molecule has 0 aliphatic rings. The van der Waals surface area contributed by atoms with Gasteiger partial charge in [0.1, 0.15) is 0 Å². The second kappa shape index (κ2) is 5.65. The van der Waals surface area contributed by atoms with E-state index in [0.29, 0.717) is 6.54 Å². The van der Waals surface area contributed by atoms with Gasteiger partial charge in [0, 0.05) is 18.1 Å². The number of hydrogen-bond acceptors (Lipinski definition) is 2. The van der Waals surface area contributed by atoms with E-state index in [1.807, 2.05) is 38.1 Å². The summed E-state index contributed by atoms with van der Waals surface area (Å²) in [6.45, 7) is 4.13. The van der Waals surface area contributed by atoms with E-state index in [-0.39, 0.29) is 12.5 Å². The normalized spacial score (nSPS) is 11.4. The molecule has 0 saturated carbocycles. The molecule has 4 heteroatoms. The van der Waals surface area contributed by atoms with Crippen molar-refractivity contribution in [2.75, 3.05) is 20.2 Å². The quantitative estimate of drug-likeness (QED) is 0.926. The number of amides is 1. The summed E-state index contributed by atoms with van der Waals surface area (Å²) < 4.78 is 0.959. The first-order valence-corrected chi connectivity index (χ1v) is 6.31. The number of carbonyl (C=O) groups excluding carboxylic acids is 1. The summed E-state index contributed by atoms with van der Waals surface area (Å²) in [5, 5.41) is 8.86. The first kappa shape index (κ1) is 14.2. The van der Waals surface area contributed by atoms with Crippen molar-refractivity contribution in [2.24, 2.45) is 0 Å². The van der Waals surface area contributed by atoms with Crippen molar-refractivity contribution in [1.82, 2.24) is 4.90 Å². The third-order valence-electron chi connectivity index (χ3n) is 2.86. The Morgan fingerprint density at radius 3 is 2.65 bits per heavy atom. The summed E-state index contributed by atoms with van der Waals surface area (Å²) in [6, 6.07) is 7.74. The molecule has 1 aromatic carbocycles. The number of benzene rings is 1. The first-order valence-electron chi connectivity index (χ1n) is 5.52. The molecule has 0 heterocycles. The molecule has 0 atom stereocenters. The summed E-state index contributed by atoms with van der Waals surface area (Å²) in [5.74, 6) is 0.00431. The van der Waals surface area contributed by atoms with Crippen molar-refractivity contribution in [3.63, 3.8) is 0 Å². The molecular formula is C13H18BrNO2. The van der Waals surface area contributed by atoms with Gasteiger partial charge in [-0.15, -0.1) is 0 Å². The molecule has 0 radical (unpaired) electrons. The van der Waals surface area contributed by atoms with Crippen LogP contribution in [0.15, 0.2) is 28.7 Å². The number of likely N-dealkylation sites (N-methyl/N-ethyl adjacent to an activating group) is 1. The van der Waals surface area contributed by atoms with Crippen LogP contribution in [0, 0.1) is 0 Å². The molecule has 0 spiro atoms. The Morgan fingerprint density at radius 1 is 1.47 bits per heavy atom. The van der Waals surface area contributed by atoms with E-state index >= 15 is 0 Å². The van der Waals surface area contributed by atoms with Crippen LogP contribution in [-0.2, 0) is 10.2 Å². The van der Waals surface area contributed by atoms with Gasteiger partial charge in [-0.25, -0.2) is 0 Å². The van der Waals surface area contributed by atoms with E-state index in [1.165, 1.54) is 0 Å². The second-order valence-electron chi connectivity index (χ2n) is 4.59. The number of aliphatic hydroxyl groups excluding tert-OH is 1. The van der Waals surface area contributed by atoms with E-state index < -0.39 is 5.41 Å². The van der Waals surface area contributed by atoms with Gasteiger partial charge >= 0.3 is 0 Å². The van der Waals surface area contributed by atoms with Crippen LogP contribution in [0.2, 0.25) is 0 Å². The van der Waals surface area contributed by atoms with Gasteiger partial charge in [0.25, 0.3) is 0 Å². The third-order valence-corrected chi connectivity index (χ3v) is 3.36. The summed E-state index contributed by atoms with van der Waals surface area (Å²) >= 11 is 3.41. The molecule has 94 valence electrons.